The lowest BCUT2D eigenvalue weighted by atomic mass is 10.2. The van der Waals surface area contributed by atoms with Gasteiger partial charge in [-0.25, -0.2) is 13.4 Å². The van der Waals surface area contributed by atoms with Gasteiger partial charge >= 0.3 is 6.18 Å². The number of alkyl halides is 3. The molecule has 1 N–H and O–H groups in total. The second kappa shape index (κ2) is 11.3. The monoisotopic (exact) mass is 584 g/mol. The zero-order valence-corrected chi connectivity index (χ0v) is 22.4. The SMILES string of the molecule is COc1ccc(C(=O)Nc2ccc(S(=O)(=O)N3CCN(c4cc(C(F)(F)F)cc(Cl)n4)CC3)cc2)cc1OC. The average Bonchev–Trinajstić information content (AvgIpc) is 2.92. The highest BCUT2D eigenvalue weighted by molar-refractivity contribution is 7.89. The second-order valence-corrected chi connectivity index (χ2v) is 10.8. The van der Waals surface area contributed by atoms with Crippen molar-refractivity contribution in [1.82, 2.24) is 9.29 Å². The first-order valence-electron chi connectivity index (χ1n) is 11.6. The Bertz CT molecular complexity index is 1460. The summed E-state index contributed by atoms with van der Waals surface area (Å²) in [6.45, 7) is 0.331. The molecule has 9 nitrogen and oxygen atoms in total. The Kier molecular flexibility index (Phi) is 8.23. The molecule has 0 bridgehead atoms. The molecular weight excluding hydrogens is 561 g/mol. The molecule has 1 saturated heterocycles. The molecule has 0 aliphatic carbocycles. The van der Waals surface area contributed by atoms with Crippen LogP contribution in [0.3, 0.4) is 0 Å². The molecule has 0 spiro atoms. The number of hydrogen-bond donors (Lipinski definition) is 1. The Labute approximate surface area is 228 Å². The number of piperazine rings is 1. The maximum Gasteiger partial charge on any atom is 0.416 e. The molecule has 0 unspecified atom stereocenters. The van der Waals surface area contributed by atoms with E-state index in [1.807, 2.05) is 0 Å². The van der Waals surface area contributed by atoms with Crippen molar-refractivity contribution in [1.29, 1.82) is 0 Å². The zero-order chi connectivity index (χ0) is 28.4. The van der Waals surface area contributed by atoms with Crippen molar-refractivity contribution in [3.05, 3.63) is 70.9 Å². The summed E-state index contributed by atoms with van der Waals surface area (Å²) < 4.78 is 77.4. The van der Waals surface area contributed by atoms with E-state index in [9.17, 15) is 26.4 Å². The molecule has 208 valence electrons. The molecule has 3 aromatic rings. The van der Waals surface area contributed by atoms with Gasteiger partial charge in [-0.05, 0) is 54.6 Å². The fraction of sp³-hybridized carbons (Fsp3) is 0.280. The lowest BCUT2D eigenvalue weighted by Gasteiger charge is -2.35. The second-order valence-electron chi connectivity index (χ2n) is 8.47. The topological polar surface area (TPSA) is 101 Å². The Morgan fingerprint density at radius 3 is 2.18 bits per heavy atom. The maximum atomic E-state index is 13.2. The third kappa shape index (κ3) is 6.37. The predicted molar refractivity (Wildman–Crippen MR) is 139 cm³/mol. The van der Waals surface area contributed by atoms with Gasteiger partial charge in [0.25, 0.3) is 5.91 Å². The lowest BCUT2D eigenvalue weighted by Crippen LogP contribution is -2.49. The number of nitrogens with zero attached hydrogens (tertiary/aromatic N) is 3. The normalized spacial score (nSPS) is 14.7. The highest BCUT2D eigenvalue weighted by atomic mass is 35.5. The first kappa shape index (κ1) is 28.5. The standard InChI is InChI=1S/C25H24ClF3N4O5S/c1-37-20-8-3-16(13-21(20)38-2)24(34)30-18-4-6-19(7-5-18)39(35,36)33-11-9-32(10-12-33)23-15-17(25(27,28)29)14-22(26)31-23/h3-8,13-15H,9-12H2,1-2H3,(H,30,34). The van der Waals surface area contributed by atoms with Crippen LogP contribution >= 0.6 is 11.6 Å². The fourth-order valence-corrected chi connectivity index (χ4v) is 5.63. The first-order valence-corrected chi connectivity index (χ1v) is 13.4. The minimum Gasteiger partial charge on any atom is -0.493 e. The number of amides is 1. The van der Waals surface area contributed by atoms with Crippen molar-refractivity contribution in [3.63, 3.8) is 0 Å². The number of carbonyl (C=O) groups excluding carboxylic acids is 1. The van der Waals surface area contributed by atoms with Crippen LogP contribution in [0.1, 0.15) is 15.9 Å². The summed E-state index contributed by atoms with van der Waals surface area (Å²) in [5.41, 5.74) is -0.226. The Balaban J connectivity index is 1.41. The van der Waals surface area contributed by atoms with Gasteiger partial charge in [-0.2, -0.15) is 17.5 Å². The summed E-state index contributed by atoms with van der Waals surface area (Å²) >= 11 is 5.78. The lowest BCUT2D eigenvalue weighted by molar-refractivity contribution is -0.137. The first-order chi connectivity index (χ1) is 18.4. The Hall–Kier alpha value is -3.55. The number of hydrogen-bond acceptors (Lipinski definition) is 7. The van der Waals surface area contributed by atoms with E-state index >= 15 is 0 Å². The Morgan fingerprint density at radius 2 is 1.59 bits per heavy atom. The van der Waals surface area contributed by atoms with Crippen LogP contribution in [0.25, 0.3) is 0 Å². The molecule has 1 aromatic heterocycles. The number of pyridine rings is 1. The number of carbonyl (C=O) groups is 1. The van der Waals surface area contributed by atoms with Gasteiger partial charge in [0.1, 0.15) is 11.0 Å². The van der Waals surface area contributed by atoms with Crippen LogP contribution < -0.4 is 19.7 Å². The molecule has 2 aromatic carbocycles. The largest absolute Gasteiger partial charge is 0.493 e. The molecule has 0 saturated carbocycles. The van der Waals surface area contributed by atoms with Crippen molar-refractivity contribution < 1.29 is 35.9 Å². The number of ether oxygens (including phenoxy) is 2. The van der Waals surface area contributed by atoms with Crippen molar-refractivity contribution in [3.8, 4) is 11.5 Å². The summed E-state index contributed by atoms with van der Waals surface area (Å²) in [6, 6.07) is 12.0. The van der Waals surface area contributed by atoms with Crippen LogP contribution in [-0.4, -0.2) is 64.0 Å². The van der Waals surface area contributed by atoms with Gasteiger partial charge in [-0.1, -0.05) is 11.6 Å². The number of sulfonamides is 1. The smallest absolute Gasteiger partial charge is 0.416 e. The quantitative estimate of drug-likeness (QED) is 0.407. The molecule has 4 rings (SSSR count). The van der Waals surface area contributed by atoms with Crippen LogP contribution in [0.5, 0.6) is 11.5 Å². The van der Waals surface area contributed by atoms with Gasteiger partial charge in [-0.3, -0.25) is 4.79 Å². The summed E-state index contributed by atoms with van der Waals surface area (Å²) in [6.07, 6.45) is -4.58. The van der Waals surface area contributed by atoms with Crippen molar-refractivity contribution in [2.24, 2.45) is 0 Å². The molecular formula is C25H24ClF3N4O5S. The zero-order valence-electron chi connectivity index (χ0n) is 20.8. The average molecular weight is 585 g/mol. The van der Waals surface area contributed by atoms with Gasteiger partial charge in [-0.15, -0.1) is 0 Å². The summed E-state index contributed by atoms with van der Waals surface area (Å²) in [7, 11) is -0.947. The summed E-state index contributed by atoms with van der Waals surface area (Å²) in [5.74, 6) is 0.463. The number of aromatic nitrogens is 1. The maximum absolute atomic E-state index is 13.2. The minimum absolute atomic E-state index is 0.0142. The molecule has 1 aliphatic rings. The summed E-state index contributed by atoms with van der Waals surface area (Å²) in [5, 5.41) is 2.40. The molecule has 2 heterocycles. The number of benzene rings is 2. The molecule has 1 aliphatic heterocycles. The number of nitrogens with one attached hydrogen (secondary N) is 1. The van der Waals surface area contributed by atoms with Gasteiger partial charge < -0.3 is 19.7 Å². The number of anilines is 2. The fourth-order valence-electron chi connectivity index (χ4n) is 4.01. The highest BCUT2D eigenvalue weighted by Gasteiger charge is 2.33. The summed E-state index contributed by atoms with van der Waals surface area (Å²) in [4.78, 5) is 18.2. The number of methoxy groups -OCH3 is 2. The molecule has 0 radical (unpaired) electrons. The molecule has 39 heavy (non-hydrogen) atoms. The minimum atomic E-state index is -4.58. The van der Waals surface area contributed by atoms with E-state index in [1.165, 1.54) is 48.9 Å². The van der Waals surface area contributed by atoms with Crippen LogP contribution in [0.15, 0.2) is 59.5 Å². The van der Waals surface area contributed by atoms with Crippen LogP contribution in [0.2, 0.25) is 5.15 Å². The van der Waals surface area contributed by atoms with E-state index in [0.29, 0.717) is 22.7 Å². The number of rotatable bonds is 7. The van der Waals surface area contributed by atoms with Crippen molar-refractivity contribution in [2.75, 3.05) is 50.6 Å². The van der Waals surface area contributed by atoms with E-state index in [4.69, 9.17) is 21.1 Å². The van der Waals surface area contributed by atoms with Gasteiger partial charge in [0, 0.05) is 37.4 Å². The molecule has 1 fully saturated rings. The molecule has 0 atom stereocenters. The van der Waals surface area contributed by atoms with Crippen molar-refractivity contribution in [2.45, 2.75) is 11.1 Å². The third-order valence-corrected chi connectivity index (χ3v) is 8.17. The van der Waals surface area contributed by atoms with Gasteiger partial charge in [0.2, 0.25) is 10.0 Å². The number of halogens is 4. The van der Waals surface area contributed by atoms with Crippen molar-refractivity contribution >= 4 is 39.0 Å². The van der Waals surface area contributed by atoms with Gasteiger partial charge in [0.05, 0.1) is 24.7 Å². The van der Waals surface area contributed by atoms with Crippen LogP contribution in [0, 0.1) is 0 Å². The third-order valence-electron chi connectivity index (χ3n) is 6.07. The Morgan fingerprint density at radius 1 is 0.949 bits per heavy atom. The van der Waals surface area contributed by atoms with E-state index < -0.39 is 27.7 Å². The van der Waals surface area contributed by atoms with E-state index in [2.05, 4.69) is 10.3 Å². The van der Waals surface area contributed by atoms with Crippen LogP contribution in [0.4, 0.5) is 24.7 Å². The van der Waals surface area contributed by atoms with Crippen LogP contribution in [-0.2, 0) is 16.2 Å². The molecule has 14 heteroatoms. The van der Waals surface area contributed by atoms with Gasteiger partial charge in [0.15, 0.2) is 11.5 Å². The highest BCUT2D eigenvalue weighted by Crippen LogP contribution is 2.33. The predicted octanol–water partition coefficient (Wildman–Crippen LogP) is 4.53. The molecule has 1 amide bonds. The van der Waals surface area contributed by atoms with E-state index in [1.54, 1.807) is 17.0 Å². The van der Waals surface area contributed by atoms with E-state index in [-0.39, 0.29) is 42.0 Å². The van der Waals surface area contributed by atoms with E-state index in [0.717, 1.165) is 12.1 Å².